The van der Waals surface area contributed by atoms with Crippen LogP contribution in [0.5, 0.6) is 0 Å². The molecule has 24 heavy (non-hydrogen) atoms. The zero-order chi connectivity index (χ0) is 16.7. The molecule has 1 aromatic carbocycles. The van der Waals surface area contributed by atoms with Gasteiger partial charge in [-0.25, -0.2) is 9.07 Å². The van der Waals surface area contributed by atoms with Gasteiger partial charge in [-0.3, -0.25) is 0 Å². The highest BCUT2D eigenvalue weighted by atomic mass is 79.9. The van der Waals surface area contributed by atoms with Gasteiger partial charge in [0.1, 0.15) is 11.6 Å². The van der Waals surface area contributed by atoms with Crippen molar-refractivity contribution in [2.24, 2.45) is 0 Å². The predicted octanol–water partition coefficient (Wildman–Crippen LogP) is 3.66. The van der Waals surface area contributed by atoms with Crippen LogP contribution in [0.4, 0.5) is 4.39 Å². The summed E-state index contributed by atoms with van der Waals surface area (Å²) in [6, 6.07) is 5.55. The Labute approximate surface area is 149 Å². The van der Waals surface area contributed by atoms with Crippen LogP contribution in [0.2, 0.25) is 0 Å². The lowest BCUT2D eigenvalue weighted by molar-refractivity contribution is 0.323. The minimum Gasteiger partial charge on any atom is -0.354 e. The first-order chi connectivity index (χ1) is 11.6. The van der Waals surface area contributed by atoms with Crippen molar-refractivity contribution in [1.82, 2.24) is 20.0 Å². The van der Waals surface area contributed by atoms with Gasteiger partial charge >= 0.3 is 0 Å². The van der Waals surface area contributed by atoms with Gasteiger partial charge in [-0.15, -0.1) is 0 Å². The molecule has 0 aliphatic carbocycles. The van der Waals surface area contributed by atoms with E-state index in [1.165, 1.54) is 0 Å². The summed E-state index contributed by atoms with van der Waals surface area (Å²) < 4.78 is 16.6. The number of halogens is 2. The van der Waals surface area contributed by atoms with Gasteiger partial charge in [0.2, 0.25) is 0 Å². The van der Waals surface area contributed by atoms with E-state index in [-0.39, 0.29) is 11.7 Å². The molecule has 1 N–H and O–H groups in total. The summed E-state index contributed by atoms with van der Waals surface area (Å²) in [6.45, 7) is 6.07. The van der Waals surface area contributed by atoms with Crippen molar-refractivity contribution < 1.29 is 4.39 Å². The number of nitrogens with one attached hydrogen (secondary N) is 1. The molecule has 2 aliphatic heterocycles. The summed E-state index contributed by atoms with van der Waals surface area (Å²) in [5.74, 6) is 1.18. The maximum absolute atomic E-state index is 14.1. The second-order valence-electron chi connectivity index (χ2n) is 6.42. The minimum atomic E-state index is -0.210. The Morgan fingerprint density at radius 2 is 2.08 bits per heavy atom. The van der Waals surface area contributed by atoms with Crippen LogP contribution in [0, 0.1) is 5.82 Å². The molecule has 0 saturated carbocycles. The average Bonchev–Trinajstić information content (AvgIpc) is 3.06. The van der Waals surface area contributed by atoms with Crippen molar-refractivity contribution in [1.29, 1.82) is 0 Å². The maximum Gasteiger partial charge on any atom is 0.137 e. The van der Waals surface area contributed by atoms with E-state index in [2.05, 4.69) is 44.2 Å². The lowest BCUT2D eigenvalue weighted by Gasteiger charge is -2.33. The van der Waals surface area contributed by atoms with E-state index in [0.717, 1.165) is 55.2 Å². The Balaban J connectivity index is 1.86. The highest BCUT2D eigenvalue weighted by Crippen LogP contribution is 2.38. The second kappa shape index (κ2) is 6.33. The van der Waals surface area contributed by atoms with Crippen LogP contribution >= 0.6 is 15.9 Å². The smallest absolute Gasteiger partial charge is 0.137 e. The van der Waals surface area contributed by atoms with Crippen molar-refractivity contribution >= 4 is 21.8 Å². The summed E-state index contributed by atoms with van der Waals surface area (Å²) in [7, 11) is 0. The topological polar surface area (TPSA) is 33.1 Å². The lowest BCUT2D eigenvalue weighted by atomic mass is 9.90. The highest BCUT2D eigenvalue weighted by Gasteiger charge is 2.24. The molecule has 4 nitrogen and oxygen atoms in total. The van der Waals surface area contributed by atoms with Crippen molar-refractivity contribution in [3.63, 3.8) is 0 Å². The van der Waals surface area contributed by atoms with E-state index in [1.54, 1.807) is 6.07 Å². The number of hydrogen-bond donors (Lipinski definition) is 1. The molecular formula is C18H20BrFN4. The summed E-state index contributed by atoms with van der Waals surface area (Å²) >= 11 is 3.33. The van der Waals surface area contributed by atoms with Crippen molar-refractivity contribution in [2.45, 2.75) is 19.3 Å². The highest BCUT2D eigenvalue weighted by molar-refractivity contribution is 9.10. The fourth-order valence-corrected chi connectivity index (χ4v) is 3.88. The number of nitrogens with zero attached hydrogens (tertiary/aromatic N) is 3. The molecule has 1 atom stereocenters. The van der Waals surface area contributed by atoms with Gasteiger partial charge in [0.25, 0.3) is 0 Å². The average molecular weight is 391 g/mol. The fourth-order valence-electron chi connectivity index (χ4n) is 3.53. The van der Waals surface area contributed by atoms with E-state index in [1.807, 2.05) is 23.0 Å². The standard InChI is InChI=1S/C18H20BrFN4/c1-12-2-3-18(23-8-6-21-7-9-23)24-17(4-5-22-24)14-10-15(19)16(20)11-13(12)14/h3-5,10-12,21H,2,6-9H2,1H3. The minimum absolute atomic E-state index is 0.210. The van der Waals surface area contributed by atoms with Gasteiger partial charge in [0.15, 0.2) is 0 Å². The summed E-state index contributed by atoms with van der Waals surface area (Å²) in [5.41, 5.74) is 3.10. The number of benzene rings is 1. The number of hydrogen-bond acceptors (Lipinski definition) is 3. The molecule has 4 rings (SSSR count). The molecule has 3 heterocycles. The molecule has 2 aromatic rings. The Hall–Kier alpha value is -1.66. The summed E-state index contributed by atoms with van der Waals surface area (Å²) in [6.07, 6.45) is 4.93. The molecule has 1 saturated heterocycles. The van der Waals surface area contributed by atoms with Gasteiger partial charge in [-0.2, -0.15) is 5.10 Å². The first-order valence-electron chi connectivity index (χ1n) is 8.34. The normalized spacial score (nSPS) is 20.7. The molecule has 6 heteroatoms. The fraction of sp³-hybridized carbons (Fsp3) is 0.389. The third-order valence-corrected chi connectivity index (χ3v) is 5.46. The zero-order valence-corrected chi connectivity index (χ0v) is 15.2. The summed E-state index contributed by atoms with van der Waals surface area (Å²) in [4.78, 5) is 2.38. The Kier molecular flexibility index (Phi) is 4.18. The number of allylic oxidation sites excluding steroid dienone is 1. The van der Waals surface area contributed by atoms with Gasteiger partial charge in [0, 0.05) is 31.7 Å². The van der Waals surface area contributed by atoms with E-state index in [4.69, 9.17) is 0 Å². The van der Waals surface area contributed by atoms with Crippen LogP contribution in [0.25, 0.3) is 17.1 Å². The molecule has 2 aliphatic rings. The number of aromatic nitrogens is 2. The molecule has 1 fully saturated rings. The van der Waals surface area contributed by atoms with Gasteiger partial charge in [-0.1, -0.05) is 6.92 Å². The van der Waals surface area contributed by atoms with Crippen LogP contribution in [-0.4, -0.2) is 40.9 Å². The van der Waals surface area contributed by atoms with E-state index in [9.17, 15) is 4.39 Å². The van der Waals surface area contributed by atoms with Crippen LogP contribution in [0.3, 0.4) is 0 Å². The van der Waals surface area contributed by atoms with Gasteiger partial charge in [0.05, 0.1) is 16.4 Å². The van der Waals surface area contributed by atoms with Crippen LogP contribution in [0.15, 0.2) is 34.9 Å². The SMILES string of the molecule is CC1CC=C(N2CCNCC2)n2nccc2-c2cc(Br)c(F)cc21. The second-order valence-corrected chi connectivity index (χ2v) is 7.27. The lowest BCUT2D eigenvalue weighted by Crippen LogP contribution is -2.43. The zero-order valence-electron chi connectivity index (χ0n) is 13.6. The van der Waals surface area contributed by atoms with Crippen molar-refractivity contribution in [3.05, 3.63) is 46.3 Å². The Bertz CT molecular complexity index is 792. The van der Waals surface area contributed by atoms with E-state index < -0.39 is 0 Å². The Morgan fingerprint density at radius 1 is 1.29 bits per heavy atom. The monoisotopic (exact) mass is 390 g/mol. The molecule has 0 radical (unpaired) electrons. The first-order valence-corrected chi connectivity index (χ1v) is 9.14. The van der Waals surface area contributed by atoms with Gasteiger partial charge in [-0.05, 0) is 58.1 Å². The molecule has 0 bridgehead atoms. The summed E-state index contributed by atoms with van der Waals surface area (Å²) in [5, 5.41) is 7.96. The van der Waals surface area contributed by atoms with E-state index >= 15 is 0 Å². The molecule has 126 valence electrons. The van der Waals surface area contributed by atoms with Crippen molar-refractivity contribution in [2.75, 3.05) is 26.2 Å². The Morgan fingerprint density at radius 3 is 2.88 bits per heavy atom. The third kappa shape index (κ3) is 2.67. The third-order valence-electron chi connectivity index (χ3n) is 4.85. The van der Waals surface area contributed by atoms with Crippen molar-refractivity contribution in [3.8, 4) is 11.3 Å². The molecule has 0 amide bonds. The van der Waals surface area contributed by atoms with Gasteiger partial charge < -0.3 is 10.2 Å². The molecule has 1 aromatic heterocycles. The largest absolute Gasteiger partial charge is 0.354 e. The molecular weight excluding hydrogens is 371 g/mol. The van der Waals surface area contributed by atoms with Crippen LogP contribution in [0.1, 0.15) is 24.8 Å². The van der Waals surface area contributed by atoms with Crippen LogP contribution < -0.4 is 5.32 Å². The molecule has 0 spiro atoms. The predicted molar refractivity (Wildman–Crippen MR) is 97.1 cm³/mol. The molecule has 1 unspecified atom stereocenters. The number of fused-ring (bicyclic) bond motifs is 3. The number of rotatable bonds is 1. The van der Waals surface area contributed by atoms with Crippen LogP contribution in [-0.2, 0) is 0 Å². The van der Waals surface area contributed by atoms with E-state index in [0.29, 0.717) is 4.47 Å². The first kappa shape index (κ1) is 15.8. The number of piperazine rings is 1. The maximum atomic E-state index is 14.1. The quantitative estimate of drug-likeness (QED) is 0.806.